The molecule has 1 aromatic heterocycles. The molecule has 0 unspecified atom stereocenters. The van der Waals surface area contributed by atoms with Crippen LogP contribution in [-0.4, -0.2) is 22.0 Å². The fourth-order valence-electron chi connectivity index (χ4n) is 1.86. The molecule has 0 saturated carbocycles. The number of aromatic nitrogens is 1. The maximum absolute atomic E-state index is 13.0. The van der Waals surface area contributed by atoms with Gasteiger partial charge in [-0.05, 0) is 30.7 Å². The SMILES string of the molecule is Cc1[nH]cc(NC(=O)/C=C/c2cccc(F)c2)c1C(=O)O. The Bertz CT molecular complexity index is 719. The number of benzene rings is 1. The minimum absolute atomic E-state index is 0.0162. The molecule has 0 aliphatic rings. The van der Waals surface area contributed by atoms with Gasteiger partial charge in [-0.15, -0.1) is 0 Å². The van der Waals surface area contributed by atoms with E-state index in [1.165, 1.54) is 36.5 Å². The Kier molecular flexibility index (Phi) is 4.18. The molecule has 0 saturated heterocycles. The Morgan fingerprint density at radius 1 is 1.38 bits per heavy atom. The van der Waals surface area contributed by atoms with Gasteiger partial charge in [-0.1, -0.05) is 12.1 Å². The van der Waals surface area contributed by atoms with Crippen LogP contribution in [0.25, 0.3) is 6.08 Å². The fourth-order valence-corrected chi connectivity index (χ4v) is 1.86. The third-order valence-corrected chi connectivity index (χ3v) is 2.82. The van der Waals surface area contributed by atoms with Gasteiger partial charge in [0.25, 0.3) is 0 Å². The minimum Gasteiger partial charge on any atom is -0.478 e. The van der Waals surface area contributed by atoms with Crippen LogP contribution in [0.4, 0.5) is 10.1 Å². The second-order valence-corrected chi connectivity index (χ2v) is 4.39. The number of rotatable bonds is 4. The van der Waals surface area contributed by atoms with E-state index in [9.17, 15) is 14.0 Å². The molecule has 0 radical (unpaired) electrons. The van der Waals surface area contributed by atoms with Gasteiger partial charge in [0.05, 0.1) is 5.69 Å². The summed E-state index contributed by atoms with van der Waals surface area (Å²) in [4.78, 5) is 25.6. The number of aryl methyl sites for hydroxylation is 1. The van der Waals surface area contributed by atoms with Gasteiger partial charge < -0.3 is 15.4 Å². The van der Waals surface area contributed by atoms with E-state index in [1.54, 1.807) is 13.0 Å². The molecule has 1 amide bonds. The highest BCUT2D eigenvalue weighted by Gasteiger charge is 2.16. The molecule has 6 heteroatoms. The molecule has 0 aliphatic carbocycles. The van der Waals surface area contributed by atoms with E-state index < -0.39 is 17.7 Å². The minimum atomic E-state index is -1.13. The van der Waals surface area contributed by atoms with Crippen molar-refractivity contribution in [2.75, 3.05) is 5.32 Å². The van der Waals surface area contributed by atoms with Crippen molar-refractivity contribution in [2.24, 2.45) is 0 Å². The predicted molar refractivity (Wildman–Crippen MR) is 76.6 cm³/mol. The zero-order chi connectivity index (χ0) is 15.4. The van der Waals surface area contributed by atoms with Crippen LogP contribution in [0.3, 0.4) is 0 Å². The molecule has 0 aliphatic heterocycles. The summed E-state index contributed by atoms with van der Waals surface area (Å²) >= 11 is 0. The van der Waals surface area contributed by atoms with Crippen LogP contribution >= 0.6 is 0 Å². The van der Waals surface area contributed by atoms with Crippen LogP contribution in [-0.2, 0) is 4.79 Å². The summed E-state index contributed by atoms with van der Waals surface area (Å²) in [5, 5.41) is 11.5. The smallest absolute Gasteiger partial charge is 0.339 e. The Morgan fingerprint density at radius 3 is 2.81 bits per heavy atom. The van der Waals surface area contributed by atoms with Crippen molar-refractivity contribution in [1.29, 1.82) is 0 Å². The summed E-state index contributed by atoms with van der Waals surface area (Å²) in [7, 11) is 0. The van der Waals surface area contributed by atoms with Crippen molar-refractivity contribution in [3.63, 3.8) is 0 Å². The number of carboxylic acid groups (broad SMARTS) is 1. The quantitative estimate of drug-likeness (QED) is 0.756. The number of anilines is 1. The monoisotopic (exact) mass is 288 g/mol. The summed E-state index contributed by atoms with van der Waals surface area (Å²) in [6.07, 6.45) is 4.06. The van der Waals surface area contributed by atoms with Crippen LogP contribution in [0, 0.1) is 12.7 Å². The van der Waals surface area contributed by atoms with Crippen molar-refractivity contribution >= 4 is 23.6 Å². The summed E-state index contributed by atoms with van der Waals surface area (Å²) in [6.45, 7) is 1.60. The highest BCUT2D eigenvalue weighted by atomic mass is 19.1. The first-order chi connectivity index (χ1) is 9.97. The lowest BCUT2D eigenvalue weighted by atomic mass is 10.2. The van der Waals surface area contributed by atoms with E-state index in [2.05, 4.69) is 10.3 Å². The van der Waals surface area contributed by atoms with Gasteiger partial charge in [-0.2, -0.15) is 0 Å². The molecule has 0 spiro atoms. The number of hydrogen-bond donors (Lipinski definition) is 3. The molecule has 0 bridgehead atoms. The Balaban J connectivity index is 2.11. The van der Waals surface area contributed by atoms with Crippen molar-refractivity contribution in [3.8, 4) is 0 Å². The first kappa shape index (κ1) is 14.5. The number of amides is 1. The van der Waals surface area contributed by atoms with Crippen LogP contribution in [0.1, 0.15) is 21.6 Å². The van der Waals surface area contributed by atoms with Crippen molar-refractivity contribution < 1.29 is 19.1 Å². The molecule has 5 nitrogen and oxygen atoms in total. The van der Waals surface area contributed by atoms with E-state index in [0.717, 1.165) is 0 Å². The topological polar surface area (TPSA) is 82.2 Å². The Hall–Kier alpha value is -2.89. The second-order valence-electron chi connectivity index (χ2n) is 4.39. The van der Waals surface area contributed by atoms with Gasteiger partial charge in [0, 0.05) is 18.0 Å². The zero-order valence-corrected chi connectivity index (χ0v) is 11.2. The summed E-state index contributed by atoms with van der Waals surface area (Å²) in [5.41, 5.74) is 1.19. The first-order valence-corrected chi connectivity index (χ1v) is 6.13. The number of aromatic carboxylic acids is 1. The third kappa shape index (κ3) is 3.56. The van der Waals surface area contributed by atoms with Gasteiger partial charge in [0.15, 0.2) is 0 Å². The molecule has 0 atom stereocenters. The number of aromatic amines is 1. The van der Waals surface area contributed by atoms with E-state index in [1.807, 2.05) is 0 Å². The van der Waals surface area contributed by atoms with Gasteiger partial charge in [-0.3, -0.25) is 4.79 Å². The maximum atomic E-state index is 13.0. The number of nitrogens with one attached hydrogen (secondary N) is 2. The van der Waals surface area contributed by atoms with E-state index >= 15 is 0 Å². The lowest BCUT2D eigenvalue weighted by Gasteiger charge is -2.01. The molecule has 0 fully saturated rings. The molecule has 108 valence electrons. The predicted octanol–water partition coefficient (Wildman–Crippen LogP) is 2.81. The Labute approximate surface area is 120 Å². The zero-order valence-electron chi connectivity index (χ0n) is 11.2. The van der Waals surface area contributed by atoms with Crippen LogP contribution in [0.5, 0.6) is 0 Å². The number of carbonyl (C=O) groups excluding carboxylic acids is 1. The number of hydrogen-bond acceptors (Lipinski definition) is 2. The molecule has 2 rings (SSSR count). The van der Waals surface area contributed by atoms with Crippen molar-refractivity contribution in [2.45, 2.75) is 6.92 Å². The lowest BCUT2D eigenvalue weighted by molar-refractivity contribution is -0.111. The maximum Gasteiger partial charge on any atom is 0.339 e. The third-order valence-electron chi connectivity index (χ3n) is 2.82. The molecule has 1 heterocycles. The standard InChI is InChI=1S/C15H13FN2O3/c1-9-14(15(20)21)12(8-17-9)18-13(19)6-5-10-3-2-4-11(16)7-10/h2-8,17H,1H3,(H,18,19)(H,20,21)/b6-5+. The highest BCUT2D eigenvalue weighted by molar-refractivity contribution is 6.06. The van der Waals surface area contributed by atoms with Crippen LogP contribution in [0.2, 0.25) is 0 Å². The summed E-state index contributed by atoms with van der Waals surface area (Å²) < 4.78 is 13.0. The molecule has 3 N–H and O–H groups in total. The van der Waals surface area contributed by atoms with Crippen molar-refractivity contribution in [3.05, 3.63) is 59.2 Å². The van der Waals surface area contributed by atoms with E-state index in [-0.39, 0.29) is 11.3 Å². The van der Waals surface area contributed by atoms with E-state index in [4.69, 9.17) is 5.11 Å². The number of H-pyrrole nitrogens is 1. The fraction of sp³-hybridized carbons (Fsp3) is 0.0667. The summed E-state index contributed by atoms with van der Waals surface area (Å²) in [5.74, 6) is -2.02. The van der Waals surface area contributed by atoms with E-state index in [0.29, 0.717) is 11.3 Å². The average Bonchev–Trinajstić information content (AvgIpc) is 2.77. The molecular weight excluding hydrogens is 275 g/mol. The Morgan fingerprint density at radius 2 is 2.14 bits per heavy atom. The molecule has 21 heavy (non-hydrogen) atoms. The summed E-state index contributed by atoms with van der Waals surface area (Å²) in [6, 6.07) is 5.77. The average molecular weight is 288 g/mol. The largest absolute Gasteiger partial charge is 0.478 e. The van der Waals surface area contributed by atoms with Gasteiger partial charge in [0.2, 0.25) is 5.91 Å². The normalized spacial score (nSPS) is 10.8. The first-order valence-electron chi connectivity index (χ1n) is 6.13. The number of halogens is 1. The van der Waals surface area contributed by atoms with Gasteiger partial charge in [0.1, 0.15) is 11.4 Å². The molecular formula is C15H13FN2O3. The second kappa shape index (κ2) is 6.04. The highest BCUT2D eigenvalue weighted by Crippen LogP contribution is 2.19. The van der Waals surface area contributed by atoms with Crippen molar-refractivity contribution in [1.82, 2.24) is 4.98 Å². The molecule has 2 aromatic rings. The van der Waals surface area contributed by atoms with Gasteiger partial charge >= 0.3 is 5.97 Å². The van der Waals surface area contributed by atoms with Crippen LogP contribution < -0.4 is 5.32 Å². The number of carbonyl (C=O) groups is 2. The van der Waals surface area contributed by atoms with Crippen LogP contribution in [0.15, 0.2) is 36.5 Å². The molecule has 1 aromatic carbocycles. The lowest BCUT2D eigenvalue weighted by Crippen LogP contribution is -2.10. The number of carboxylic acids is 1. The van der Waals surface area contributed by atoms with Gasteiger partial charge in [-0.25, -0.2) is 9.18 Å².